The Morgan fingerprint density at radius 1 is 1.15 bits per heavy atom. The smallest absolute Gasteiger partial charge is 0.391 e. The number of methoxy groups -OCH3 is 1. The van der Waals surface area contributed by atoms with Crippen molar-refractivity contribution in [2.45, 2.75) is 49.7 Å². The van der Waals surface area contributed by atoms with Crippen LogP contribution in [0.1, 0.15) is 53.1 Å². The van der Waals surface area contributed by atoms with Crippen LogP contribution < -0.4 is 9.46 Å². The fourth-order valence-electron chi connectivity index (χ4n) is 4.65. The van der Waals surface area contributed by atoms with Crippen LogP contribution in [0.25, 0.3) is 10.6 Å². The van der Waals surface area contributed by atoms with Gasteiger partial charge in [0.2, 0.25) is 0 Å². The fourth-order valence-corrected chi connectivity index (χ4v) is 6.89. The van der Waals surface area contributed by atoms with Gasteiger partial charge in [-0.05, 0) is 55.7 Å². The molecule has 3 aromatic rings. The van der Waals surface area contributed by atoms with Crippen LogP contribution in [0.5, 0.6) is 5.75 Å². The average molecular weight is 591 g/mol. The second-order valence-electron chi connectivity index (χ2n) is 9.17. The molecule has 7 nitrogen and oxygen atoms in total. The number of anilines is 1. The van der Waals surface area contributed by atoms with Crippen LogP contribution in [0.3, 0.4) is 0 Å². The summed E-state index contributed by atoms with van der Waals surface area (Å²) in [7, 11) is -3.23. The first-order chi connectivity index (χ1) is 18.2. The number of benzene rings is 2. The van der Waals surface area contributed by atoms with E-state index in [1.165, 1.54) is 18.4 Å². The number of halogens is 5. The molecule has 39 heavy (non-hydrogen) atoms. The van der Waals surface area contributed by atoms with Crippen LogP contribution in [-0.4, -0.2) is 37.8 Å². The van der Waals surface area contributed by atoms with Crippen LogP contribution >= 0.6 is 11.3 Å². The number of carbonyl (C=O) groups is 1. The SMILES string of the molecule is COc1cc(C(=O)O)c(F)cc1NS(=O)(=O)c1csc(-c2ccc([C@H]3CC[C@@H](C(F)(F)F)CC3)c(F)c2C)n1. The quantitative estimate of drug-likeness (QED) is 0.295. The van der Waals surface area contributed by atoms with Gasteiger partial charge in [0.15, 0.2) is 5.03 Å². The Labute approximate surface area is 224 Å². The molecule has 14 heteroatoms. The number of aromatic nitrogens is 1. The van der Waals surface area contributed by atoms with Crippen molar-refractivity contribution < 1.29 is 45.0 Å². The molecular weight excluding hydrogens is 567 g/mol. The van der Waals surface area contributed by atoms with Gasteiger partial charge in [-0.1, -0.05) is 12.1 Å². The second-order valence-corrected chi connectivity index (χ2v) is 11.7. The van der Waals surface area contributed by atoms with Crippen molar-refractivity contribution in [2.75, 3.05) is 11.8 Å². The van der Waals surface area contributed by atoms with Gasteiger partial charge >= 0.3 is 12.1 Å². The summed E-state index contributed by atoms with van der Waals surface area (Å²) >= 11 is 0.922. The maximum Gasteiger partial charge on any atom is 0.391 e. The molecule has 2 N–H and O–H groups in total. The number of nitrogens with zero attached hydrogens (tertiary/aromatic N) is 1. The molecule has 210 valence electrons. The lowest BCUT2D eigenvalue weighted by Crippen LogP contribution is -2.27. The summed E-state index contributed by atoms with van der Waals surface area (Å²) in [4.78, 5) is 15.2. The Morgan fingerprint density at radius 2 is 1.82 bits per heavy atom. The van der Waals surface area contributed by atoms with Crippen LogP contribution in [-0.2, 0) is 10.0 Å². The van der Waals surface area contributed by atoms with Crippen LogP contribution in [0.2, 0.25) is 0 Å². The van der Waals surface area contributed by atoms with E-state index in [4.69, 9.17) is 9.84 Å². The molecular formula is C25H23F5N2O5S2. The molecule has 1 heterocycles. The topological polar surface area (TPSA) is 106 Å². The molecule has 1 aliphatic rings. The van der Waals surface area contributed by atoms with Crippen LogP contribution in [0.4, 0.5) is 27.6 Å². The van der Waals surface area contributed by atoms with Crippen LogP contribution in [0.15, 0.2) is 34.7 Å². The molecule has 0 radical (unpaired) electrons. The van der Waals surface area contributed by atoms with Gasteiger partial charge in [0.25, 0.3) is 10.0 Å². The van der Waals surface area contributed by atoms with E-state index in [-0.39, 0.29) is 53.6 Å². The highest BCUT2D eigenvalue weighted by Crippen LogP contribution is 2.44. The number of hydrogen-bond donors (Lipinski definition) is 2. The maximum absolute atomic E-state index is 15.3. The predicted molar refractivity (Wildman–Crippen MR) is 134 cm³/mol. The maximum atomic E-state index is 15.3. The lowest BCUT2D eigenvalue weighted by molar-refractivity contribution is -0.182. The highest BCUT2D eigenvalue weighted by atomic mass is 32.2. The molecule has 0 bridgehead atoms. The fraction of sp³-hybridized carbons (Fsp3) is 0.360. The van der Waals surface area contributed by atoms with Gasteiger partial charge in [-0.15, -0.1) is 11.3 Å². The molecule has 0 amide bonds. The third-order valence-corrected chi connectivity index (χ3v) is 9.07. The summed E-state index contributed by atoms with van der Waals surface area (Å²) < 4.78 is 101. The number of thiazole rings is 1. The van der Waals surface area contributed by atoms with Gasteiger partial charge < -0.3 is 9.84 Å². The summed E-state index contributed by atoms with van der Waals surface area (Å²) in [6, 6.07) is 4.58. The minimum Gasteiger partial charge on any atom is -0.495 e. The minimum absolute atomic E-state index is 0.0666. The molecule has 1 saturated carbocycles. The van der Waals surface area contributed by atoms with Crippen molar-refractivity contribution in [2.24, 2.45) is 5.92 Å². The highest BCUT2D eigenvalue weighted by Gasteiger charge is 2.42. The van der Waals surface area contributed by atoms with Crippen molar-refractivity contribution in [3.05, 3.63) is 58.0 Å². The first-order valence-corrected chi connectivity index (χ1v) is 14.0. The molecule has 1 fully saturated rings. The lowest BCUT2D eigenvalue weighted by Gasteiger charge is -2.30. The predicted octanol–water partition coefficient (Wildman–Crippen LogP) is 6.74. The number of nitrogens with one attached hydrogen (secondary N) is 1. The number of sulfonamides is 1. The van der Waals surface area contributed by atoms with Gasteiger partial charge in [0.05, 0.1) is 24.3 Å². The Bertz CT molecular complexity index is 1510. The third kappa shape index (κ3) is 5.86. The first-order valence-electron chi connectivity index (χ1n) is 11.7. The molecule has 2 aromatic carbocycles. The van der Waals surface area contributed by atoms with E-state index in [9.17, 15) is 30.8 Å². The van der Waals surface area contributed by atoms with E-state index in [1.807, 2.05) is 0 Å². The molecule has 1 aromatic heterocycles. The van der Waals surface area contributed by atoms with Crippen LogP contribution in [0, 0.1) is 24.5 Å². The molecule has 0 aliphatic heterocycles. The van der Waals surface area contributed by atoms with E-state index in [0.717, 1.165) is 24.5 Å². The van der Waals surface area contributed by atoms with Crippen molar-refractivity contribution in [1.82, 2.24) is 4.98 Å². The second kappa shape index (κ2) is 10.7. The number of carboxylic acid groups (broad SMARTS) is 1. The zero-order valence-electron chi connectivity index (χ0n) is 20.6. The largest absolute Gasteiger partial charge is 0.495 e. The third-order valence-electron chi connectivity index (χ3n) is 6.80. The summed E-state index contributed by atoms with van der Waals surface area (Å²) in [6.45, 7) is 1.49. The van der Waals surface area contributed by atoms with Gasteiger partial charge in [-0.2, -0.15) is 21.6 Å². The van der Waals surface area contributed by atoms with E-state index in [1.54, 1.807) is 6.07 Å². The van der Waals surface area contributed by atoms with E-state index in [0.29, 0.717) is 17.2 Å². The minimum atomic E-state index is -4.38. The molecule has 4 rings (SSSR count). The summed E-state index contributed by atoms with van der Waals surface area (Å²) in [6.07, 6.45) is -3.97. The number of alkyl halides is 3. The number of rotatable bonds is 7. The number of ether oxygens (including phenoxy) is 1. The van der Waals surface area contributed by atoms with Gasteiger partial charge in [-0.3, -0.25) is 4.72 Å². The first kappa shape index (κ1) is 28.7. The summed E-state index contributed by atoms with van der Waals surface area (Å²) in [5.41, 5.74) is -0.228. The van der Waals surface area contributed by atoms with Crippen molar-refractivity contribution in [1.29, 1.82) is 0 Å². The summed E-state index contributed by atoms with van der Waals surface area (Å²) in [5.74, 6) is -5.28. The monoisotopic (exact) mass is 590 g/mol. The van der Waals surface area contributed by atoms with Gasteiger partial charge in [-0.25, -0.2) is 18.6 Å². The Hall–Kier alpha value is -3.26. The van der Waals surface area contributed by atoms with Gasteiger partial charge in [0, 0.05) is 17.0 Å². The Balaban J connectivity index is 1.57. The van der Waals surface area contributed by atoms with E-state index in [2.05, 4.69) is 9.71 Å². The number of aromatic carboxylic acids is 1. The zero-order chi connectivity index (χ0) is 28.7. The van der Waals surface area contributed by atoms with Crippen molar-refractivity contribution >= 4 is 33.0 Å². The lowest BCUT2D eigenvalue weighted by atomic mass is 9.77. The zero-order valence-corrected chi connectivity index (χ0v) is 22.2. The number of carboxylic acids is 1. The van der Waals surface area contributed by atoms with Gasteiger partial charge in [0.1, 0.15) is 22.4 Å². The molecule has 0 spiro atoms. The Kier molecular flexibility index (Phi) is 7.90. The Morgan fingerprint density at radius 3 is 2.41 bits per heavy atom. The number of hydrogen-bond acceptors (Lipinski definition) is 6. The normalized spacial score (nSPS) is 18.1. The summed E-state index contributed by atoms with van der Waals surface area (Å²) in [5, 5.41) is 10.0. The van der Waals surface area contributed by atoms with Crippen molar-refractivity contribution in [3.8, 4) is 16.3 Å². The molecule has 0 unspecified atom stereocenters. The standard InChI is InChI=1S/C25H23F5N2O5S2/c1-12-15(7-8-16(22(12)27)13-3-5-14(6-4-13)25(28,29)30)23-31-21(11-38-23)39(35,36)32-19-10-18(26)17(24(33)34)9-20(19)37-2/h7-11,13-14,32H,3-6H2,1-2H3,(H,33,34)/t13-,14+. The molecule has 0 saturated heterocycles. The van der Waals surface area contributed by atoms with E-state index < -0.39 is 50.3 Å². The molecule has 1 aliphatic carbocycles. The van der Waals surface area contributed by atoms with Crippen molar-refractivity contribution in [3.63, 3.8) is 0 Å². The average Bonchev–Trinajstić information content (AvgIpc) is 3.36. The highest BCUT2D eigenvalue weighted by molar-refractivity contribution is 7.92. The molecule has 0 atom stereocenters. The van der Waals surface area contributed by atoms with E-state index >= 15 is 4.39 Å².